The highest BCUT2D eigenvalue weighted by atomic mass is 19.1. The van der Waals surface area contributed by atoms with E-state index in [9.17, 15) is 9.59 Å². The predicted octanol–water partition coefficient (Wildman–Crippen LogP) is 3.47. The van der Waals surface area contributed by atoms with Crippen LogP contribution < -0.4 is 16.8 Å². The third kappa shape index (κ3) is 2.64. The van der Waals surface area contributed by atoms with E-state index in [2.05, 4.69) is 5.32 Å². The lowest BCUT2D eigenvalue weighted by Crippen LogP contribution is -2.69. The Kier molecular flexibility index (Phi) is 4.05. The summed E-state index contributed by atoms with van der Waals surface area (Å²) in [6.07, 6.45) is 3.78. The van der Waals surface area contributed by atoms with Crippen molar-refractivity contribution in [2.45, 2.75) is 49.9 Å². The van der Waals surface area contributed by atoms with Crippen molar-refractivity contribution in [1.82, 2.24) is 9.88 Å². The quantitative estimate of drug-likeness (QED) is 0.315. The average molecular weight is 486 g/mol. The van der Waals surface area contributed by atoms with Gasteiger partial charge in [0.25, 0.3) is 5.91 Å². The molecule has 2 aromatic carbocycles. The van der Waals surface area contributed by atoms with E-state index in [1.54, 1.807) is 18.2 Å². The molecular weight excluding hydrogens is 457 g/mol. The second kappa shape index (κ2) is 6.75. The van der Waals surface area contributed by atoms with Gasteiger partial charge in [0.2, 0.25) is 5.91 Å². The molecule has 0 radical (unpaired) electrons. The van der Waals surface area contributed by atoms with Gasteiger partial charge in [0.15, 0.2) is 0 Å². The molecule has 2 amide bonds. The first-order valence-electron chi connectivity index (χ1n) is 12.5. The fourth-order valence-electron chi connectivity index (χ4n) is 8.29. The fraction of sp³-hybridized carbons (Fsp3) is 0.393. The largest absolute Gasteiger partial charge is 0.384 e. The van der Waals surface area contributed by atoms with Gasteiger partial charge in [-0.25, -0.2) is 4.39 Å². The van der Waals surface area contributed by atoms with Gasteiger partial charge in [-0.2, -0.15) is 0 Å². The van der Waals surface area contributed by atoms with Crippen LogP contribution in [0.15, 0.2) is 48.5 Å². The molecule has 4 aliphatic rings. The number of carbonyl (C=O) groups excluding carboxylic acids is 2. The smallest absolute Gasteiger partial charge is 0.268 e. The van der Waals surface area contributed by atoms with E-state index in [4.69, 9.17) is 16.9 Å². The maximum Gasteiger partial charge on any atom is 0.268 e. The van der Waals surface area contributed by atoms with Crippen LogP contribution in [0, 0.1) is 22.7 Å². The zero-order valence-electron chi connectivity index (χ0n) is 19.8. The zero-order valence-corrected chi connectivity index (χ0v) is 19.8. The lowest BCUT2D eigenvalue weighted by Gasteiger charge is -2.69. The molecule has 4 aliphatic carbocycles. The second-order valence-electron chi connectivity index (χ2n) is 11.5. The number of benzene rings is 2. The van der Waals surface area contributed by atoms with Gasteiger partial charge in [-0.05, 0) is 67.3 Å². The molecule has 1 spiro atoms. The Morgan fingerprint density at radius 1 is 1.03 bits per heavy atom. The van der Waals surface area contributed by atoms with E-state index in [0.717, 1.165) is 35.7 Å². The van der Waals surface area contributed by atoms with E-state index in [1.807, 2.05) is 34.9 Å². The van der Waals surface area contributed by atoms with Crippen LogP contribution in [0.1, 0.15) is 64.1 Å². The predicted molar refractivity (Wildman–Crippen MR) is 134 cm³/mol. The molecule has 3 aromatic rings. The third-order valence-electron chi connectivity index (χ3n) is 9.72. The van der Waals surface area contributed by atoms with Gasteiger partial charge in [-0.3, -0.25) is 15.0 Å². The molecule has 6 N–H and O–H groups in total. The molecule has 7 rings (SSSR count). The number of nitrogens with one attached hydrogen (secondary N) is 2. The molecule has 7 nitrogen and oxygen atoms in total. The van der Waals surface area contributed by atoms with Gasteiger partial charge in [-0.1, -0.05) is 24.3 Å². The molecule has 2 bridgehead atoms. The Balaban J connectivity index is 1.26. The van der Waals surface area contributed by atoms with Crippen molar-refractivity contribution in [3.63, 3.8) is 0 Å². The monoisotopic (exact) mass is 485 g/mol. The molecule has 8 heteroatoms. The number of amides is 2. The molecular formula is C28H28FN5O2. The van der Waals surface area contributed by atoms with Gasteiger partial charge in [0, 0.05) is 45.9 Å². The normalized spacial score (nSPS) is 33.0. The number of carbonyl (C=O) groups is 2. The molecule has 36 heavy (non-hydrogen) atoms. The van der Waals surface area contributed by atoms with Gasteiger partial charge in [0.1, 0.15) is 17.2 Å². The first-order valence-corrected chi connectivity index (χ1v) is 12.5. The number of fused-ring (bicyclic) bond motifs is 2. The number of alkyl halides is 1. The van der Waals surface area contributed by atoms with Crippen molar-refractivity contribution in [3.8, 4) is 0 Å². The number of rotatable bonds is 6. The van der Waals surface area contributed by atoms with Gasteiger partial charge >= 0.3 is 0 Å². The lowest BCUT2D eigenvalue weighted by atomic mass is 9.37. The van der Waals surface area contributed by atoms with Crippen molar-refractivity contribution in [1.29, 1.82) is 5.41 Å². The van der Waals surface area contributed by atoms with Crippen LogP contribution in [0.2, 0.25) is 0 Å². The summed E-state index contributed by atoms with van der Waals surface area (Å²) < 4.78 is 17.6. The van der Waals surface area contributed by atoms with Gasteiger partial charge in [0.05, 0.1) is 0 Å². The summed E-state index contributed by atoms with van der Waals surface area (Å²) in [5.41, 5.74) is 12.5. The highest BCUT2D eigenvalue weighted by Crippen LogP contribution is 2.84. The molecule has 5 unspecified atom stereocenters. The molecule has 0 saturated heterocycles. The molecule has 4 fully saturated rings. The molecule has 0 aliphatic heterocycles. The van der Waals surface area contributed by atoms with Crippen molar-refractivity contribution >= 4 is 28.6 Å². The summed E-state index contributed by atoms with van der Waals surface area (Å²) in [5, 5.41) is 12.0. The van der Waals surface area contributed by atoms with E-state index in [-0.39, 0.29) is 17.2 Å². The van der Waals surface area contributed by atoms with Crippen molar-refractivity contribution in [3.05, 3.63) is 70.9 Å². The number of hydrogen-bond donors (Lipinski definition) is 4. The van der Waals surface area contributed by atoms with E-state index < -0.39 is 17.1 Å². The van der Waals surface area contributed by atoms with Crippen molar-refractivity contribution < 1.29 is 14.0 Å². The van der Waals surface area contributed by atoms with Crippen molar-refractivity contribution in [2.24, 2.45) is 28.7 Å². The molecule has 5 atom stereocenters. The molecule has 1 heterocycles. The highest BCUT2D eigenvalue weighted by Gasteiger charge is 2.85. The Morgan fingerprint density at radius 2 is 1.75 bits per heavy atom. The van der Waals surface area contributed by atoms with Crippen LogP contribution in [0.25, 0.3) is 10.9 Å². The Hall–Kier alpha value is -3.68. The number of hydrogen-bond acceptors (Lipinski definition) is 3. The lowest BCUT2D eigenvalue weighted by molar-refractivity contribution is -0.249. The number of nitrogens with zero attached hydrogens (tertiary/aromatic N) is 1. The van der Waals surface area contributed by atoms with Crippen LogP contribution in [-0.4, -0.2) is 33.4 Å². The number of nitrogens with two attached hydrogens (primary N) is 2. The SMILES string of the molecule is N=C(N)c1ccc2cc(C(=O)NC34CC5CC6CC(F)(C3)C56C4)n(Cc3ccc(C(N)=O)cc3)c2c1. The topological polar surface area (TPSA) is 127 Å². The maximum absolute atomic E-state index is 15.7. The number of nitrogen functional groups attached to an aromatic ring is 1. The average Bonchev–Trinajstić information content (AvgIpc) is 3.40. The highest BCUT2D eigenvalue weighted by molar-refractivity contribution is 6.02. The van der Waals surface area contributed by atoms with Crippen LogP contribution in [0.3, 0.4) is 0 Å². The molecule has 1 aromatic heterocycles. The van der Waals surface area contributed by atoms with Crippen LogP contribution in [0.5, 0.6) is 0 Å². The van der Waals surface area contributed by atoms with Gasteiger partial charge < -0.3 is 21.4 Å². The van der Waals surface area contributed by atoms with Crippen LogP contribution in [-0.2, 0) is 6.54 Å². The first-order chi connectivity index (χ1) is 17.1. The summed E-state index contributed by atoms with van der Waals surface area (Å²) in [6, 6.07) is 14.3. The summed E-state index contributed by atoms with van der Waals surface area (Å²) in [7, 11) is 0. The van der Waals surface area contributed by atoms with Gasteiger partial charge in [-0.15, -0.1) is 0 Å². The first kappa shape index (κ1) is 21.6. The summed E-state index contributed by atoms with van der Waals surface area (Å²) in [4.78, 5) is 25.3. The minimum Gasteiger partial charge on any atom is -0.384 e. The second-order valence-corrected chi connectivity index (χ2v) is 11.5. The van der Waals surface area contributed by atoms with E-state index in [1.165, 1.54) is 0 Å². The number of amidine groups is 1. The number of primary amides is 1. The fourth-order valence-corrected chi connectivity index (χ4v) is 8.29. The molecule has 4 saturated carbocycles. The molecule has 184 valence electrons. The Bertz CT molecular complexity index is 1500. The Labute approximate surface area is 207 Å². The minimum absolute atomic E-state index is 0.0507. The van der Waals surface area contributed by atoms with Crippen LogP contribution in [0.4, 0.5) is 4.39 Å². The number of aromatic nitrogens is 1. The number of halogens is 1. The minimum atomic E-state index is -1.11. The Morgan fingerprint density at radius 3 is 2.39 bits per heavy atom. The summed E-state index contributed by atoms with van der Waals surface area (Å²) in [6.45, 7) is 0.376. The zero-order chi connectivity index (χ0) is 25.0. The van der Waals surface area contributed by atoms with Crippen molar-refractivity contribution in [2.75, 3.05) is 0 Å². The standard InChI is InChI=1S/C28H28FN5O2/c29-27-11-20-9-19-10-26(13-27,14-28(19,20)27)33-25(36)22-7-17-5-6-18(23(30)31)8-21(17)34(22)12-15-1-3-16(4-2-15)24(32)35/h1-8,19-20H,9-14H2,(H3,30,31)(H2,32,35)(H,33,36). The van der Waals surface area contributed by atoms with Crippen LogP contribution >= 0.6 is 0 Å². The summed E-state index contributed by atoms with van der Waals surface area (Å²) in [5.74, 6) is 0.132. The van der Waals surface area contributed by atoms with E-state index >= 15 is 4.39 Å². The maximum atomic E-state index is 15.7. The summed E-state index contributed by atoms with van der Waals surface area (Å²) >= 11 is 0. The third-order valence-corrected chi connectivity index (χ3v) is 9.72. The van der Waals surface area contributed by atoms with E-state index in [0.29, 0.717) is 48.0 Å².